The van der Waals surface area contributed by atoms with Crippen LogP contribution in [0.1, 0.15) is 10.6 Å². The summed E-state index contributed by atoms with van der Waals surface area (Å²) in [7, 11) is 0. The Morgan fingerprint density at radius 1 is 1.40 bits per heavy atom. The number of H-pyrrole nitrogens is 1. The van der Waals surface area contributed by atoms with Gasteiger partial charge in [0.05, 0.1) is 13.0 Å². The maximum Gasteiger partial charge on any atom is 0.225 e. The Balaban J connectivity index is 1.70. The largest absolute Gasteiger partial charge is 0.492 e. The third-order valence-corrected chi connectivity index (χ3v) is 4.02. The minimum absolute atomic E-state index is 0.0185. The lowest BCUT2D eigenvalue weighted by Gasteiger charge is -2.07. The predicted octanol–water partition coefficient (Wildman–Crippen LogP) is 2.85. The molecule has 0 saturated carbocycles. The van der Waals surface area contributed by atoms with E-state index in [1.165, 1.54) is 11.3 Å². The van der Waals surface area contributed by atoms with Gasteiger partial charge in [-0.2, -0.15) is 0 Å². The molecule has 4 nitrogen and oxygen atoms in total. The van der Waals surface area contributed by atoms with Gasteiger partial charge in [-0.1, -0.05) is 18.2 Å². The van der Waals surface area contributed by atoms with Crippen LogP contribution in [0.3, 0.4) is 0 Å². The number of aromatic amines is 1. The zero-order chi connectivity index (χ0) is 14.4. The Morgan fingerprint density at radius 2 is 2.15 bits per heavy atom. The van der Waals surface area contributed by atoms with E-state index in [2.05, 4.69) is 10.3 Å². The van der Waals surface area contributed by atoms with Crippen molar-refractivity contribution in [1.29, 1.82) is 0 Å². The van der Waals surface area contributed by atoms with Gasteiger partial charge < -0.3 is 15.0 Å². The highest BCUT2D eigenvalue weighted by atomic mass is 32.1. The Bertz CT molecular complexity index is 620. The van der Waals surface area contributed by atoms with Crippen molar-refractivity contribution in [2.45, 2.75) is 13.3 Å². The summed E-state index contributed by atoms with van der Waals surface area (Å²) >= 11 is 6.49. The SMILES string of the molecule is Cc1[nH]c(=S)sc1CC(=O)NCCOc1ccccc1. The van der Waals surface area contributed by atoms with Crippen molar-refractivity contribution in [3.05, 3.63) is 44.9 Å². The van der Waals surface area contributed by atoms with Crippen molar-refractivity contribution in [2.75, 3.05) is 13.2 Å². The van der Waals surface area contributed by atoms with E-state index in [4.69, 9.17) is 17.0 Å². The zero-order valence-electron chi connectivity index (χ0n) is 11.1. The van der Waals surface area contributed by atoms with Gasteiger partial charge in [0.2, 0.25) is 5.91 Å². The smallest absolute Gasteiger partial charge is 0.225 e. The molecule has 20 heavy (non-hydrogen) atoms. The third-order valence-electron chi connectivity index (χ3n) is 2.68. The van der Waals surface area contributed by atoms with Crippen LogP contribution in [-0.2, 0) is 11.2 Å². The van der Waals surface area contributed by atoms with Gasteiger partial charge in [0.25, 0.3) is 0 Å². The molecule has 1 aromatic carbocycles. The first-order chi connectivity index (χ1) is 9.65. The molecule has 0 aliphatic heterocycles. The fourth-order valence-corrected chi connectivity index (χ4v) is 2.98. The summed E-state index contributed by atoms with van der Waals surface area (Å²) in [6.45, 7) is 2.87. The molecule has 0 aliphatic rings. The number of thiazole rings is 1. The van der Waals surface area contributed by atoms with E-state index in [-0.39, 0.29) is 5.91 Å². The maximum absolute atomic E-state index is 11.8. The van der Waals surface area contributed by atoms with Crippen molar-refractivity contribution in [1.82, 2.24) is 10.3 Å². The number of aromatic nitrogens is 1. The number of ether oxygens (including phenoxy) is 1. The van der Waals surface area contributed by atoms with Gasteiger partial charge in [-0.05, 0) is 31.3 Å². The number of amides is 1. The van der Waals surface area contributed by atoms with Crippen LogP contribution in [0.2, 0.25) is 0 Å². The molecule has 2 rings (SSSR count). The number of carbonyl (C=O) groups is 1. The second-order valence-electron chi connectivity index (χ2n) is 4.25. The Labute approximate surface area is 126 Å². The summed E-state index contributed by atoms with van der Waals surface area (Å²) in [6, 6.07) is 9.53. The average molecular weight is 308 g/mol. The van der Waals surface area contributed by atoms with Crippen LogP contribution in [0.25, 0.3) is 0 Å². The molecule has 0 bridgehead atoms. The molecule has 2 aromatic rings. The van der Waals surface area contributed by atoms with E-state index in [0.29, 0.717) is 23.5 Å². The maximum atomic E-state index is 11.8. The molecule has 0 atom stereocenters. The van der Waals surface area contributed by atoms with Gasteiger partial charge >= 0.3 is 0 Å². The lowest BCUT2D eigenvalue weighted by atomic mass is 10.3. The minimum Gasteiger partial charge on any atom is -0.492 e. The number of hydrogen-bond donors (Lipinski definition) is 2. The highest BCUT2D eigenvalue weighted by molar-refractivity contribution is 7.73. The fraction of sp³-hybridized carbons (Fsp3) is 0.286. The van der Waals surface area contributed by atoms with Crippen molar-refractivity contribution in [3.63, 3.8) is 0 Å². The highest BCUT2D eigenvalue weighted by Crippen LogP contribution is 2.14. The van der Waals surface area contributed by atoms with E-state index in [1.807, 2.05) is 37.3 Å². The summed E-state index contributed by atoms with van der Waals surface area (Å²) < 4.78 is 6.21. The minimum atomic E-state index is -0.0185. The average Bonchev–Trinajstić information content (AvgIpc) is 2.74. The summed E-state index contributed by atoms with van der Waals surface area (Å²) in [6.07, 6.45) is 0.356. The molecule has 106 valence electrons. The molecule has 0 spiro atoms. The van der Waals surface area contributed by atoms with Gasteiger partial charge in [-0.25, -0.2) is 0 Å². The quantitative estimate of drug-likeness (QED) is 0.637. The van der Waals surface area contributed by atoms with E-state index in [1.54, 1.807) is 0 Å². The standard InChI is InChI=1S/C14H16N2O2S2/c1-10-12(20-14(19)16-10)9-13(17)15-7-8-18-11-5-3-2-4-6-11/h2-6H,7-9H2,1H3,(H,15,17)(H,16,19). The van der Waals surface area contributed by atoms with E-state index in [0.717, 1.165) is 16.3 Å². The molecular weight excluding hydrogens is 292 g/mol. The van der Waals surface area contributed by atoms with Crippen LogP contribution < -0.4 is 10.1 Å². The number of carbonyl (C=O) groups excluding carboxylic acids is 1. The Morgan fingerprint density at radius 3 is 2.80 bits per heavy atom. The van der Waals surface area contributed by atoms with Crippen LogP contribution in [0.5, 0.6) is 5.75 Å². The molecule has 0 aliphatic carbocycles. The second kappa shape index (κ2) is 7.21. The monoisotopic (exact) mass is 308 g/mol. The van der Waals surface area contributed by atoms with E-state index < -0.39 is 0 Å². The summed E-state index contributed by atoms with van der Waals surface area (Å²) in [5.41, 5.74) is 0.968. The molecule has 0 radical (unpaired) electrons. The molecule has 2 N–H and O–H groups in total. The van der Waals surface area contributed by atoms with Crippen LogP contribution in [-0.4, -0.2) is 24.0 Å². The fourth-order valence-electron chi connectivity index (χ4n) is 1.69. The Kier molecular flexibility index (Phi) is 5.31. The van der Waals surface area contributed by atoms with Gasteiger partial charge in [0.15, 0.2) is 3.95 Å². The van der Waals surface area contributed by atoms with Crippen LogP contribution in [0.15, 0.2) is 30.3 Å². The molecule has 1 aromatic heterocycles. The molecule has 6 heteroatoms. The number of nitrogens with one attached hydrogen (secondary N) is 2. The normalized spacial score (nSPS) is 10.2. The lowest BCUT2D eigenvalue weighted by Crippen LogP contribution is -2.29. The van der Waals surface area contributed by atoms with Crippen molar-refractivity contribution in [3.8, 4) is 5.75 Å². The number of aryl methyl sites for hydroxylation is 1. The predicted molar refractivity (Wildman–Crippen MR) is 82.9 cm³/mol. The molecule has 0 saturated heterocycles. The number of hydrogen-bond acceptors (Lipinski definition) is 4. The third kappa shape index (κ3) is 4.47. The molecular formula is C14H16N2O2S2. The van der Waals surface area contributed by atoms with E-state index >= 15 is 0 Å². The summed E-state index contributed by atoms with van der Waals surface area (Å²) in [5.74, 6) is 0.788. The molecule has 0 fully saturated rings. The van der Waals surface area contributed by atoms with Crippen molar-refractivity contribution < 1.29 is 9.53 Å². The van der Waals surface area contributed by atoms with Crippen LogP contribution in [0, 0.1) is 10.9 Å². The summed E-state index contributed by atoms with van der Waals surface area (Å²) in [5, 5.41) is 2.83. The first-order valence-corrected chi connectivity index (χ1v) is 7.51. The lowest BCUT2D eigenvalue weighted by molar-refractivity contribution is -0.120. The van der Waals surface area contributed by atoms with Crippen LogP contribution in [0.4, 0.5) is 0 Å². The Hall–Kier alpha value is -1.66. The summed E-state index contributed by atoms with van der Waals surface area (Å²) in [4.78, 5) is 15.8. The first-order valence-electron chi connectivity index (χ1n) is 6.28. The van der Waals surface area contributed by atoms with Crippen molar-refractivity contribution in [2.24, 2.45) is 0 Å². The number of benzene rings is 1. The topological polar surface area (TPSA) is 54.1 Å². The van der Waals surface area contributed by atoms with Gasteiger partial charge in [-0.3, -0.25) is 4.79 Å². The molecule has 1 amide bonds. The highest BCUT2D eigenvalue weighted by Gasteiger charge is 2.08. The number of para-hydroxylation sites is 1. The van der Waals surface area contributed by atoms with Gasteiger partial charge in [0, 0.05) is 10.6 Å². The number of rotatable bonds is 6. The second-order valence-corrected chi connectivity index (χ2v) is 6.02. The first kappa shape index (κ1) is 14.7. The van der Waals surface area contributed by atoms with Gasteiger partial charge in [-0.15, -0.1) is 11.3 Å². The zero-order valence-corrected chi connectivity index (χ0v) is 12.8. The van der Waals surface area contributed by atoms with Crippen LogP contribution >= 0.6 is 23.6 Å². The van der Waals surface area contributed by atoms with E-state index in [9.17, 15) is 4.79 Å². The molecule has 0 unspecified atom stereocenters. The van der Waals surface area contributed by atoms with Gasteiger partial charge in [0.1, 0.15) is 12.4 Å². The van der Waals surface area contributed by atoms with Crippen molar-refractivity contribution >= 4 is 29.5 Å². The molecule has 1 heterocycles.